The maximum Gasteiger partial charge on any atom is 0.321 e. The van der Waals surface area contributed by atoms with Gasteiger partial charge in [-0.15, -0.1) is 0 Å². The molecule has 1 N–H and O–H groups in total. The van der Waals surface area contributed by atoms with Crippen molar-refractivity contribution in [2.75, 3.05) is 13.1 Å². The molecule has 1 saturated heterocycles. The van der Waals surface area contributed by atoms with Crippen molar-refractivity contribution in [1.29, 1.82) is 0 Å². The molecule has 2 saturated carbocycles. The highest BCUT2D eigenvalue weighted by molar-refractivity contribution is 5.74. The molecule has 0 spiro atoms. The van der Waals surface area contributed by atoms with Crippen molar-refractivity contribution in [2.45, 2.75) is 63.8 Å². The van der Waals surface area contributed by atoms with E-state index < -0.39 is 5.97 Å². The van der Waals surface area contributed by atoms with Crippen LogP contribution in [0.25, 0.3) is 0 Å². The number of aliphatic carboxylic acids is 1. The van der Waals surface area contributed by atoms with E-state index >= 15 is 0 Å². The van der Waals surface area contributed by atoms with Crippen LogP contribution in [0.2, 0.25) is 0 Å². The molecular weight excluding hydrogens is 238 g/mol. The molecule has 0 aromatic rings. The van der Waals surface area contributed by atoms with E-state index in [1.165, 1.54) is 51.4 Å². The fourth-order valence-corrected chi connectivity index (χ4v) is 4.80. The number of nitrogens with zero attached hydrogens (tertiary/aromatic N) is 1. The lowest BCUT2D eigenvalue weighted by Gasteiger charge is -2.28. The van der Waals surface area contributed by atoms with Crippen molar-refractivity contribution in [1.82, 2.24) is 4.90 Å². The van der Waals surface area contributed by atoms with Crippen molar-refractivity contribution in [3.8, 4) is 0 Å². The van der Waals surface area contributed by atoms with Crippen molar-refractivity contribution >= 4 is 5.97 Å². The minimum atomic E-state index is -0.567. The first kappa shape index (κ1) is 13.4. The lowest BCUT2D eigenvalue weighted by Crippen LogP contribution is -2.42. The normalized spacial score (nSPS) is 37.2. The molecule has 0 bridgehead atoms. The van der Waals surface area contributed by atoms with Crippen LogP contribution in [0.1, 0.15) is 57.8 Å². The summed E-state index contributed by atoms with van der Waals surface area (Å²) in [7, 11) is 0. The second-order valence-corrected chi connectivity index (χ2v) is 6.95. The molecule has 19 heavy (non-hydrogen) atoms. The Kier molecular flexibility index (Phi) is 4.11. The van der Waals surface area contributed by atoms with Gasteiger partial charge in [0.05, 0.1) is 0 Å². The number of hydrogen-bond acceptors (Lipinski definition) is 2. The smallest absolute Gasteiger partial charge is 0.321 e. The molecule has 0 aromatic heterocycles. The molecule has 0 aromatic carbocycles. The van der Waals surface area contributed by atoms with Gasteiger partial charge in [0.1, 0.15) is 6.04 Å². The average molecular weight is 265 g/mol. The Labute approximate surface area is 116 Å². The Morgan fingerprint density at radius 1 is 1.00 bits per heavy atom. The van der Waals surface area contributed by atoms with Crippen LogP contribution in [0.4, 0.5) is 0 Å². The number of carboxylic acid groups (broad SMARTS) is 1. The van der Waals surface area contributed by atoms with Gasteiger partial charge in [-0.3, -0.25) is 9.69 Å². The van der Waals surface area contributed by atoms with Crippen LogP contribution in [0, 0.1) is 17.8 Å². The largest absolute Gasteiger partial charge is 0.480 e. The van der Waals surface area contributed by atoms with Crippen LogP contribution < -0.4 is 0 Å². The van der Waals surface area contributed by atoms with Crippen molar-refractivity contribution < 1.29 is 9.90 Å². The minimum Gasteiger partial charge on any atom is -0.480 e. The first-order valence-corrected chi connectivity index (χ1v) is 8.22. The van der Waals surface area contributed by atoms with Gasteiger partial charge in [-0.05, 0) is 43.4 Å². The standard InChI is InChI=1S/C16H27NO2/c18-16(19)15-14-9-5-8-13(14)11-17(15)10-12-6-3-1-2-4-7-12/h12-15H,1-11H2,(H,18,19). The fourth-order valence-electron chi connectivity index (χ4n) is 4.80. The Balaban J connectivity index is 1.64. The molecule has 0 amide bonds. The Bertz CT molecular complexity index is 323. The van der Waals surface area contributed by atoms with E-state index in [-0.39, 0.29) is 6.04 Å². The summed E-state index contributed by atoms with van der Waals surface area (Å²) in [6, 6.07) is -0.171. The highest BCUT2D eigenvalue weighted by Gasteiger charge is 2.47. The minimum absolute atomic E-state index is 0.171. The predicted octanol–water partition coefficient (Wildman–Crippen LogP) is 3.14. The van der Waals surface area contributed by atoms with E-state index in [9.17, 15) is 9.90 Å². The van der Waals surface area contributed by atoms with Crippen LogP contribution in [0.5, 0.6) is 0 Å². The second kappa shape index (κ2) is 5.82. The van der Waals surface area contributed by atoms with Gasteiger partial charge in [0.25, 0.3) is 0 Å². The van der Waals surface area contributed by atoms with Gasteiger partial charge in [-0.2, -0.15) is 0 Å². The van der Waals surface area contributed by atoms with Crippen LogP contribution >= 0.6 is 0 Å². The number of fused-ring (bicyclic) bond motifs is 1. The maximum absolute atomic E-state index is 11.6. The van der Waals surface area contributed by atoms with Gasteiger partial charge in [0.2, 0.25) is 0 Å². The first-order chi connectivity index (χ1) is 9.25. The number of likely N-dealkylation sites (tertiary alicyclic amines) is 1. The van der Waals surface area contributed by atoms with E-state index in [4.69, 9.17) is 0 Å². The molecule has 1 heterocycles. The summed E-state index contributed by atoms with van der Waals surface area (Å²) in [4.78, 5) is 13.9. The summed E-state index contributed by atoms with van der Waals surface area (Å²) < 4.78 is 0. The van der Waals surface area contributed by atoms with Crippen LogP contribution in [0.3, 0.4) is 0 Å². The third-order valence-electron chi connectivity index (χ3n) is 5.71. The lowest BCUT2D eigenvalue weighted by atomic mass is 9.94. The topological polar surface area (TPSA) is 40.5 Å². The third-order valence-corrected chi connectivity index (χ3v) is 5.71. The summed E-state index contributed by atoms with van der Waals surface area (Å²) in [5, 5.41) is 9.57. The van der Waals surface area contributed by atoms with E-state index in [2.05, 4.69) is 4.90 Å². The summed E-state index contributed by atoms with van der Waals surface area (Å²) in [6.07, 6.45) is 11.7. The van der Waals surface area contributed by atoms with Crippen molar-refractivity contribution in [2.24, 2.45) is 17.8 Å². The van der Waals surface area contributed by atoms with E-state index in [1.54, 1.807) is 0 Å². The Morgan fingerprint density at radius 2 is 1.74 bits per heavy atom. The second-order valence-electron chi connectivity index (χ2n) is 6.95. The quantitative estimate of drug-likeness (QED) is 0.797. The highest BCUT2D eigenvalue weighted by Crippen LogP contribution is 2.43. The van der Waals surface area contributed by atoms with Gasteiger partial charge in [0, 0.05) is 13.1 Å². The van der Waals surface area contributed by atoms with Gasteiger partial charge in [0.15, 0.2) is 0 Å². The van der Waals surface area contributed by atoms with E-state index in [1.807, 2.05) is 0 Å². The molecule has 0 radical (unpaired) electrons. The average Bonchev–Trinajstić information content (AvgIpc) is 2.81. The van der Waals surface area contributed by atoms with Crippen LogP contribution in [-0.4, -0.2) is 35.1 Å². The van der Waals surface area contributed by atoms with Crippen LogP contribution in [-0.2, 0) is 4.79 Å². The SMILES string of the molecule is O=C(O)C1C2CCCC2CN1CC1CCCCCC1. The van der Waals surface area contributed by atoms with Crippen molar-refractivity contribution in [3.63, 3.8) is 0 Å². The summed E-state index contributed by atoms with van der Waals surface area (Å²) >= 11 is 0. The first-order valence-electron chi connectivity index (χ1n) is 8.22. The molecule has 3 rings (SSSR count). The van der Waals surface area contributed by atoms with E-state index in [0.29, 0.717) is 11.8 Å². The summed E-state index contributed by atoms with van der Waals surface area (Å²) in [5.41, 5.74) is 0. The van der Waals surface area contributed by atoms with Gasteiger partial charge < -0.3 is 5.11 Å². The molecular formula is C16H27NO2. The molecule has 2 aliphatic carbocycles. The number of rotatable bonds is 3. The third kappa shape index (κ3) is 2.81. The summed E-state index contributed by atoms with van der Waals surface area (Å²) in [6.45, 7) is 2.10. The van der Waals surface area contributed by atoms with Gasteiger partial charge in [-0.1, -0.05) is 32.1 Å². The molecule has 3 heteroatoms. The molecule has 108 valence electrons. The zero-order valence-electron chi connectivity index (χ0n) is 11.9. The molecule has 3 aliphatic rings. The van der Waals surface area contributed by atoms with Gasteiger partial charge in [-0.25, -0.2) is 0 Å². The highest BCUT2D eigenvalue weighted by atomic mass is 16.4. The molecule has 3 unspecified atom stereocenters. The number of carboxylic acids is 1. The fraction of sp³-hybridized carbons (Fsp3) is 0.938. The Hall–Kier alpha value is -0.570. The molecule has 3 nitrogen and oxygen atoms in total. The number of hydrogen-bond donors (Lipinski definition) is 1. The molecule has 3 atom stereocenters. The predicted molar refractivity (Wildman–Crippen MR) is 75.0 cm³/mol. The maximum atomic E-state index is 11.6. The molecule has 3 fully saturated rings. The molecule has 1 aliphatic heterocycles. The zero-order valence-corrected chi connectivity index (χ0v) is 11.9. The Morgan fingerprint density at radius 3 is 2.42 bits per heavy atom. The summed E-state index contributed by atoms with van der Waals surface area (Å²) in [5.74, 6) is 1.31. The van der Waals surface area contributed by atoms with Crippen molar-refractivity contribution in [3.05, 3.63) is 0 Å². The monoisotopic (exact) mass is 265 g/mol. The van der Waals surface area contributed by atoms with E-state index in [0.717, 1.165) is 25.4 Å². The van der Waals surface area contributed by atoms with Gasteiger partial charge >= 0.3 is 5.97 Å². The zero-order chi connectivity index (χ0) is 13.2. The lowest BCUT2D eigenvalue weighted by molar-refractivity contribution is -0.143. The number of carbonyl (C=O) groups is 1. The van der Waals surface area contributed by atoms with Crippen LogP contribution in [0.15, 0.2) is 0 Å².